The van der Waals surface area contributed by atoms with Gasteiger partial charge in [-0.05, 0) is 0 Å². The highest BCUT2D eigenvalue weighted by Crippen LogP contribution is 2.15. The lowest BCUT2D eigenvalue weighted by atomic mass is 10.2. The zero-order chi connectivity index (χ0) is 8.23. The molecule has 12 heavy (non-hydrogen) atoms. The van der Waals surface area contributed by atoms with Crippen LogP contribution in [0.2, 0.25) is 0 Å². The Hall–Kier alpha value is -0.800. The second-order valence-corrected chi connectivity index (χ2v) is 2.90. The Balaban J connectivity index is 1.81. The Morgan fingerprint density at radius 2 is 2.58 bits per heavy atom. The van der Waals surface area contributed by atoms with E-state index in [0.29, 0.717) is 13.2 Å². The van der Waals surface area contributed by atoms with Gasteiger partial charge in [0, 0.05) is 0 Å². The number of rotatable bonds is 2. The van der Waals surface area contributed by atoms with Crippen LogP contribution in [-0.4, -0.2) is 32.1 Å². The SMILES string of the molecule is C1=NC(CC2COCCO2)=C[CH+]1. The summed E-state index contributed by atoms with van der Waals surface area (Å²) in [5.74, 6) is 0. The van der Waals surface area contributed by atoms with Gasteiger partial charge in [-0.2, -0.15) is 0 Å². The quantitative estimate of drug-likeness (QED) is 0.572. The fourth-order valence-electron chi connectivity index (χ4n) is 1.34. The number of allylic oxidation sites excluding steroid dienone is 1. The van der Waals surface area contributed by atoms with Gasteiger partial charge in [-0.25, -0.2) is 0 Å². The van der Waals surface area contributed by atoms with Crippen LogP contribution in [0, 0.1) is 6.42 Å². The first kappa shape index (κ1) is 7.83. The molecule has 64 valence electrons. The van der Waals surface area contributed by atoms with E-state index in [0.717, 1.165) is 18.7 Å². The summed E-state index contributed by atoms with van der Waals surface area (Å²) in [6.07, 6.45) is 6.83. The van der Waals surface area contributed by atoms with Crippen molar-refractivity contribution in [3.63, 3.8) is 0 Å². The normalized spacial score (nSPS) is 28.3. The van der Waals surface area contributed by atoms with Gasteiger partial charge < -0.3 is 9.47 Å². The van der Waals surface area contributed by atoms with Gasteiger partial charge >= 0.3 is 0 Å². The number of aliphatic imine (C=N–C) groups is 1. The van der Waals surface area contributed by atoms with Crippen LogP contribution in [0.3, 0.4) is 0 Å². The van der Waals surface area contributed by atoms with Crippen molar-refractivity contribution in [2.45, 2.75) is 12.5 Å². The topological polar surface area (TPSA) is 30.8 Å². The molecule has 0 aromatic carbocycles. The van der Waals surface area contributed by atoms with Crippen molar-refractivity contribution >= 4 is 6.21 Å². The van der Waals surface area contributed by atoms with Crippen LogP contribution in [0.15, 0.2) is 16.8 Å². The summed E-state index contributed by atoms with van der Waals surface area (Å²) >= 11 is 0. The number of ether oxygens (including phenoxy) is 2. The monoisotopic (exact) mass is 166 g/mol. The Labute approximate surface area is 72.1 Å². The van der Waals surface area contributed by atoms with E-state index in [9.17, 15) is 0 Å². The van der Waals surface area contributed by atoms with Gasteiger partial charge in [-0.1, -0.05) is 0 Å². The van der Waals surface area contributed by atoms with Crippen LogP contribution in [0.25, 0.3) is 0 Å². The van der Waals surface area contributed by atoms with Gasteiger partial charge in [0.25, 0.3) is 0 Å². The predicted molar refractivity (Wildman–Crippen MR) is 46.1 cm³/mol. The van der Waals surface area contributed by atoms with Gasteiger partial charge in [-0.3, -0.25) is 0 Å². The lowest BCUT2D eigenvalue weighted by molar-refractivity contribution is -0.0872. The van der Waals surface area contributed by atoms with Crippen LogP contribution in [0.1, 0.15) is 6.42 Å². The number of hydrogen-bond donors (Lipinski definition) is 0. The minimum Gasteiger partial charge on any atom is -0.376 e. The Morgan fingerprint density at radius 1 is 1.58 bits per heavy atom. The molecule has 2 aliphatic rings. The minimum atomic E-state index is 0.202. The van der Waals surface area contributed by atoms with Crippen LogP contribution in [0.5, 0.6) is 0 Å². The molecule has 1 fully saturated rings. The largest absolute Gasteiger partial charge is 0.376 e. The van der Waals surface area contributed by atoms with Gasteiger partial charge in [0.05, 0.1) is 32.7 Å². The van der Waals surface area contributed by atoms with Gasteiger partial charge in [0.1, 0.15) is 18.4 Å². The molecule has 3 nitrogen and oxygen atoms in total. The fourth-order valence-corrected chi connectivity index (χ4v) is 1.34. The lowest BCUT2D eigenvalue weighted by Crippen LogP contribution is -2.28. The van der Waals surface area contributed by atoms with Crippen molar-refractivity contribution in [3.8, 4) is 0 Å². The van der Waals surface area contributed by atoms with E-state index in [-0.39, 0.29) is 6.10 Å². The molecule has 0 spiro atoms. The maximum Gasteiger partial charge on any atom is 0.177 e. The Morgan fingerprint density at radius 3 is 3.25 bits per heavy atom. The molecule has 2 heterocycles. The maximum absolute atomic E-state index is 5.49. The van der Waals surface area contributed by atoms with E-state index in [1.54, 1.807) is 6.21 Å². The fraction of sp³-hybridized carbons (Fsp3) is 0.556. The molecule has 0 bridgehead atoms. The summed E-state index contributed by atoms with van der Waals surface area (Å²) in [6.45, 7) is 2.14. The summed E-state index contributed by atoms with van der Waals surface area (Å²) in [5, 5.41) is 0. The highest BCUT2D eigenvalue weighted by Gasteiger charge is 2.20. The van der Waals surface area contributed by atoms with Gasteiger partial charge in [0.15, 0.2) is 5.70 Å². The molecule has 0 amide bonds. The molecule has 0 N–H and O–H groups in total. The van der Waals surface area contributed by atoms with Crippen LogP contribution in [0.4, 0.5) is 0 Å². The summed E-state index contributed by atoms with van der Waals surface area (Å²) in [7, 11) is 0. The first-order chi connectivity index (χ1) is 5.95. The van der Waals surface area contributed by atoms with E-state index in [2.05, 4.69) is 4.99 Å². The highest BCUT2D eigenvalue weighted by atomic mass is 16.6. The molecule has 0 aromatic heterocycles. The van der Waals surface area contributed by atoms with Crippen molar-refractivity contribution in [2.24, 2.45) is 4.99 Å². The number of hydrogen-bond acceptors (Lipinski definition) is 3. The summed E-state index contributed by atoms with van der Waals surface area (Å²) in [5.41, 5.74) is 1.09. The summed E-state index contributed by atoms with van der Waals surface area (Å²) < 4.78 is 10.8. The maximum atomic E-state index is 5.49. The van der Waals surface area contributed by atoms with Gasteiger partial charge in [-0.15, -0.1) is 4.99 Å². The van der Waals surface area contributed by atoms with Crippen molar-refractivity contribution in [1.82, 2.24) is 0 Å². The second-order valence-electron chi connectivity index (χ2n) is 2.90. The smallest absolute Gasteiger partial charge is 0.177 e. The summed E-state index contributed by atoms with van der Waals surface area (Å²) in [6, 6.07) is 0. The predicted octanol–water partition coefficient (Wildman–Crippen LogP) is 0.964. The van der Waals surface area contributed by atoms with E-state index in [1.807, 2.05) is 12.5 Å². The zero-order valence-electron chi connectivity index (χ0n) is 6.90. The first-order valence-electron chi connectivity index (χ1n) is 4.21. The molecule has 3 heteroatoms. The highest BCUT2D eigenvalue weighted by molar-refractivity contribution is 5.75. The van der Waals surface area contributed by atoms with E-state index in [4.69, 9.17) is 9.47 Å². The van der Waals surface area contributed by atoms with Crippen LogP contribution >= 0.6 is 0 Å². The van der Waals surface area contributed by atoms with E-state index >= 15 is 0 Å². The lowest BCUT2D eigenvalue weighted by Gasteiger charge is -2.20. The molecule has 1 atom stereocenters. The standard InChI is InChI=1S/C9H12NO2/c1-2-8(10-3-1)6-9-7-11-4-5-12-9/h1-3,9H,4-7H2/q+1. The molecular weight excluding hydrogens is 154 g/mol. The van der Waals surface area contributed by atoms with Gasteiger partial charge in [0.2, 0.25) is 0 Å². The third-order valence-corrected chi connectivity index (χ3v) is 1.94. The molecule has 1 unspecified atom stereocenters. The third-order valence-electron chi connectivity index (χ3n) is 1.94. The Bertz CT molecular complexity index is 205. The van der Waals surface area contributed by atoms with E-state index < -0.39 is 0 Å². The summed E-state index contributed by atoms with van der Waals surface area (Å²) in [4.78, 5) is 4.17. The molecule has 0 saturated carbocycles. The van der Waals surface area contributed by atoms with Crippen LogP contribution < -0.4 is 0 Å². The van der Waals surface area contributed by atoms with Crippen molar-refractivity contribution < 1.29 is 9.47 Å². The molecular formula is C9H12NO2+. The molecule has 2 rings (SSSR count). The molecule has 0 radical (unpaired) electrons. The van der Waals surface area contributed by atoms with Crippen molar-refractivity contribution in [3.05, 3.63) is 18.2 Å². The minimum absolute atomic E-state index is 0.202. The first-order valence-corrected chi connectivity index (χ1v) is 4.21. The third kappa shape index (κ3) is 1.87. The molecule has 1 saturated heterocycles. The molecule has 0 aliphatic carbocycles. The number of nitrogens with zero attached hydrogens (tertiary/aromatic N) is 1. The molecule has 2 aliphatic heterocycles. The zero-order valence-corrected chi connectivity index (χ0v) is 6.90. The molecule has 0 aromatic rings. The van der Waals surface area contributed by atoms with Crippen molar-refractivity contribution in [1.29, 1.82) is 0 Å². The van der Waals surface area contributed by atoms with E-state index in [1.165, 1.54) is 0 Å². The average Bonchev–Trinajstić information content (AvgIpc) is 2.59. The Kier molecular flexibility index (Phi) is 2.44. The van der Waals surface area contributed by atoms with Crippen LogP contribution in [-0.2, 0) is 9.47 Å². The van der Waals surface area contributed by atoms with Crippen molar-refractivity contribution in [2.75, 3.05) is 19.8 Å². The average molecular weight is 166 g/mol. The second kappa shape index (κ2) is 3.74.